The number of carbonyl (C=O) groups is 1. The molecule has 0 radical (unpaired) electrons. The number of nitrogens with zero attached hydrogens (tertiary/aromatic N) is 3. The molecule has 8 heteroatoms. The van der Waals surface area contributed by atoms with Gasteiger partial charge in [0.1, 0.15) is 5.75 Å². The second-order valence-corrected chi connectivity index (χ2v) is 6.37. The van der Waals surface area contributed by atoms with Gasteiger partial charge in [0.2, 0.25) is 5.91 Å². The van der Waals surface area contributed by atoms with Crippen LogP contribution in [0.2, 0.25) is 0 Å². The van der Waals surface area contributed by atoms with E-state index in [0.29, 0.717) is 34.5 Å². The fraction of sp³-hybridized carbons (Fsp3) is 0.158. The highest BCUT2D eigenvalue weighted by atomic mass is 32.2. The highest BCUT2D eigenvalue weighted by Crippen LogP contribution is 2.30. The van der Waals surface area contributed by atoms with Crippen LogP contribution in [0.15, 0.2) is 58.2 Å². The Morgan fingerprint density at radius 1 is 1.22 bits per heavy atom. The Kier molecular flexibility index (Phi) is 6.07. The molecule has 0 saturated carbocycles. The minimum atomic E-state index is -0.190. The lowest BCUT2D eigenvalue weighted by molar-refractivity contribution is -0.113. The number of amides is 1. The van der Waals surface area contributed by atoms with Crippen molar-refractivity contribution in [1.82, 2.24) is 10.2 Å². The normalized spacial score (nSPS) is 10.2. The molecule has 0 aliphatic rings. The van der Waals surface area contributed by atoms with Crippen molar-refractivity contribution in [3.63, 3.8) is 0 Å². The Labute approximate surface area is 160 Å². The van der Waals surface area contributed by atoms with Gasteiger partial charge in [-0.15, -0.1) is 10.2 Å². The molecule has 0 saturated heterocycles. The summed E-state index contributed by atoms with van der Waals surface area (Å²) in [5.41, 5.74) is 2.27. The molecule has 7 nitrogen and oxygen atoms in total. The number of carbonyl (C=O) groups excluding carboxylic acids is 1. The molecule has 1 heterocycles. The Bertz CT molecular complexity index is 964. The first-order valence-electron chi connectivity index (χ1n) is 8.05. The first-order valence-corrected chi connectivity index (χ1v) is 9.03. The average Bonchev–Trinajstić information content (AvgIpc) is 3.17. The Morgan fingerprint density at radius 2 is 2.00 bits per heavy atom. The smallest absolute Gasteiger partial charge is 0.277 e. The average molecular weight is 380 g/mol. The number of nitriles is 1. The van der Waals surface area contributed by atoms with Crippen LogP contribution in [-0.4, -0.2) is 29.0 Å². The number of hydrogen-bond acceptors (Lipinski definition) is 7. The number of nitrogens with one attached hydrogen (secondary N) is 1. The third kappa shape index (κ3) is 4.86. The van der Waals surface area contributed by atoms with Gasteiger partial charge < -0.3 is 14.5 Å². The topological polar surface area (TPSA) is 101 Å². The van der Waals surface area contributed by atoms with Gasteiger partial charge in [0, 0.05) is 5.69 Å². The Balaban J connectivity index is 1.56. The van der Waals surface area contributed by atoms with Crippen LogP contribution >= 0.6 is 11.8 Å². The summed E-state index contributed by atoms with van der Waals surface area (Å²) in [6.07, 6.45) is 0.343. The zero-order valence-electron chi connectivity index (χ0n) is 14.5. The van der Waals surface area contributed by atoms with Crippen LogP contribution in [0.25, 0.3) is 11.5 Å². The zero-order chi connectivity index (χ0) is 19.1. The number of ether oxygens (including phenoxy) is 1. The van der Waals surface area contributed by atoms with E-state index in [1.807, 2.05) is 36.4 Å². The molecule has 0 aliphatic heterocycles. The van der Waals surface area contributed by atoms with E-state index in [1.54, 1.807) is 19.2 Å². The molecule has 0 aliphatic carbocycles. The summed E-state index contributed by atoms with van der Waals surface area (Å²) in [5.74, 6) is 0.914. The molecule has 3 aromatic rings. The van der Waals surface area contributed by atoms with Crippen LogP contribution in [0.1, 0.15) is 5.56 Å². The molecular weight excluding hydrogens is 364 g/mol. The van der Waals surface area contributed by atoms with Gasteiger partial charge in [-0.1, -0.05) is 36.0 Å². The van der Waals surface area contributed by atoms with E-state index in [9.17, 15) is 4.79 Å². The number of benzene rings is 2. The third-order valence-corrected chi connectivity index (χ3v) is 4.41. The van der Waals surface area contributed by atoms with Gasteiger partial charge >= 0.3 is 0 Å². The molecule has 136 valence electrons. The van der Waals surface area contributed by atoms with Crippen molar-refractivity contribution in [2.45, 2.75) is 11.6 Å². The molecule has 1 N–H and O–H groups in total. The van der Waals surface area contributed by atoms with Crippen LogP contribution in [0.3, 0.4) is 0 Å². The minimum absolute atomic E-state index is 0.132. The number of aromatic nitrogens is 2. The maximum absolute atomic E-state index is 12.1. The van der Waals surface area contributed by atoms with Gasteiger partial charge in [0.15, 0.2) is 0 Å². The monoisotopic (exact) mass is 380 g/mol. The Hall–Kier alpha value is -3.31. The predicted octanol–water partition coefficient (Wildman–Crippen LogP) is 3.54. The largest absolute Gasteiger partial charge is 0.496 e. The predicted molar refractivity (Wildman–Crippen MR) is 101 cm³/mol. The molecule has 0 spiro atoms. The maximum atomic E-state index is 12.1. The number of methoxy groups -OCH3 is 1. The lowest BCUT2D eigenvalue weighted by atomic mass is 10.1. The van der Waals surface area contributed by atoms with E-state index in [4.69, 9.17) is 14.4 Å². The van der Waals surface area contributed by atoms with Crippen LogP contribution in [0, 0.1) is 11.3 Å². The van der Waals surface area contributed by atoms with Crippen molar-refractivity contribution in [3.8, 4) is 23.3 Å². The van der Waals surface area contributed by atoms with Gasteiger partial charge in [-0.05, 0) is 29.8 Å². The standard InChI is InChI=1S/C19H16N4O3S/c1-25-16-5-3-2-4-15(16)18-22-23-19(26-18)27-12-17(24)21-14-8-6-13(7-9-14)10-11-20/h2-9H,10,12H2,1H3,(H,21,24). The first kappa shape index (κ1) is 18.5. The van der Waals surface area contributed by atoms with Crippen LogP contribution in [-0.2, 0) is 11.2 Å². The van der Waals surface area contributed by atoms with Gasteiger partial charge in [-0.2, -0.15) is 5.26 Å². The SMILES string of the molecule is COc1ccccc1-c1nnc(SCC(=O)Nc2ccc(CC#N)cc2)o1. The molecular formula is C19H16N4O3S. The number of rotatable bonds is 7. The maximum Gasteiger partial charge on any atom is 0.277 e. The zero-order valence-corrected chi connectivity index (χ0v) is 15.3. The van der Waals surface area contributed by atoms with Crippen molar-refractivity contribution in [1.29, 1.82) is 5.26 Å². The molecule has 1 amide bonds. The summed E-state index contributed by atoms with van der Waals surface area (Å²) in [7, 11) is 1.57. The van der Waals surface area contributed by atoms with Gasteiger partial charge in [-0.3, -0.25) is 4.79 Å². The molecule has 0 unspecified atom stereocenters. The van der Waals surface area contributed by atoms with Crippen LogP contribution in [0.5, 0.6) is 5.75 Å². The molecule has 0 bridgehead atoms. The minimum Gasteiger partial charge on any atom is -0.496 e. The summed E-state index contributed by atoms with van der Waals surface area (Å²) in [6.45, 7) is 0. The van der Waals surface area contributed by atoms with Crippen molar-refractivity contribution in [3.05, 3.63) is 54.1 Å². The summed E-state index contributed by atoms with van der Waals surface area (Å²) >= 11 is 1.15. The van der Waals surface area contributed by atoms with Gasteiger partial charge in [0.05, 0.1) is 30.9 Å². The number of anilines is 1. The lowest BCUT2D eigenvalue weighted by Gasteiger charge is -2.04. The summed E-state index contributed by atoms with van der Waals surface area (Å²) in [5, 5.41) is 19.7. The molecule has 1 aromatic heterocycles. The van der Waals surface area contributed by atoms with Crippen LogP contribution < -0.4 is 10.1 Å². The Morgan fingerprint density at radius 3 is 2.74 bits per heavy atom. The summed E-state index contributed by atoms with van der Waals surface area (Å²) < 4.78 is 10.9. The molecule has 0 atom stereocenters. The molecule has 0 fully saturated rings. The quantitative estimate of drug-likeness (QED) is 0.626. The second-order valence-electron chi connectivity index (χ2n) is 5.44. The number of para-hydroxylation sites is 1. The highest BCUT2D eigenvalue weighted by molar-refractivity contribution is 7.99. The van der Waals surface area contributed by atoms with Gasteiger partial charge in [0.25, 0.3) is 11.1 Å². The molecule has 3 rings (SSSR count). The van der Waals surface area contributed by atoms with Crippen molar-refractivity contribution < 1.29 is 13.9 Å². The second kappa shape index (κ2) is 8.87. The van der Waals surface area contributed by atoms with Crippen molar-refractivity contribution in [2.24, 2.45) is 0 Å². The van der Waals surface area contributed by atoms with Crippen molar-refractivity contribution in [2.75, 3.05) is 18.2 Å². The van der Waals surface area contributed by atoms with E-state index in [0.717, 1.165) is 17.3 Å². The lowest BCUT2D eigenvalue weighted by Crippen LogP contribution is -2.13. The molecule has 2 aromatic carbocycles. The number of hydrogen-bond donors (Lipinski definition) is 1. The van der Waals surface area contributed by atoms with Crippen molar-refractivity contribution >= 4 is 23.4 Å². The highest BCUT2D eigenvalue weighted by Gasteiger charge is 2.14. The third-order valence-electron chi connectivity index (χ3n) is 3.59. The summed E-state index contributed by atoms with van der Waals surface area (Å²) in [6, 6.07) is 16.6. The van der Waals surface area contributed by atoms with E-state index in [-0.39, 0.29) is 11.7 Å². The summed E-state index contributed by atoms with van der Waals surface area (Å²) in [4.78, 5) is 12.1. The van der Waals surface area contributed by atoms with E-state index in [1.165, 1.54) is 0 Å². The van der Waals surface area contributed by atoms with E-state index >= 15 is 0 Å². The number of thioether (sulfide) groups is 1. The fourth-order valence-corrected chi connectivity index (χ4v) is 2.88. The first-order chi connectivity index (χ1) is 13.2. The molecule has 27 heavy (non-hydrogen) atoms. The van der Waals surface area contributed by atoms with Gasteiger partial charge in [-0.25, -0.2) is 0 Å². The van der Waals surface area contributed by atoms with E-state index in [2.05, 4.69) is 21.6 Å². The fourth-order valence-electron chi connectivity index (χ4n) is 2.32. The van der Waals surface area contributed by atoms with E-state index < -0.39 is 0 Å². The van der Waals surface area contributed by atoms with Crippen LogP contribution in [0.4, 0.5) is 5.69 Å².